The van der Waals surface area contributed by atoms with Crippen molar-refractivity contribution >= 4 is 5.69 Å². The molecule has 130 valence electrons. The molecule has 3 rings (SSSR count). The van der Waals surface area contributed by atoms with Crippen molar-refractivity contribution in [2.75, 3.05) is 26.6 Å². The highest BCUT2D eigenvalue weighted by Crippen LogP contribution is 2.29. The van der Waals surface area contributed by atoms with Crippen LogP contribution < -0.4 is 19.5 Å². The van der Waals surface area contributed by atoms with Crippen molar-refractivity contribution in [1.29, 1.82) is 0 Å². The first kappa shape index (κ1) is 16.6. The lowest BCUT2D eigenvalue weighted by Crippen LogP contribution is -2.02. The van der Waals surface area contributed by atoms with Crippen molar-refractivity contribution in [1.82, 2.24) is 10.1 Å². The third kappa shape index (κ3) is 3.82. The number of ether oxygens (including phenoxy) is 3. The number of hydrogen-bond donors (Lipinski definition) is 1. The summed E-state index contributed by atoms with van der Waals surface area (Å²) in [7, 11) is 4.84. The van der Waals surface area contributed by atoms with E-state index in [9.17, 15) is 0 Å². The molecule has 1 aromatic heterocycles. The Morgan fingerprint density at radius 2 is 1.64 bits per heavy atom. The fraction of sp³-hybridized carbons (Fsp3) is 0.222. The van der Waals surface area contributed by atoms with Crippen molar-refractivity contribution < 1.29 is 18.7 Å². The fourth-order valence-electron chi connectivity index (χ4n) is 2.30. The average molecular weight is 341 g/mol. The van der Waals surface area contributed by atoms with E-state index in [0.717, 1.165) is 22.7 Å². The summed E-state index contributed by atoms with van der Waals surface area (Å²) in [6, 6.07) is 13.0. The van der Waals surface area contributed by atoms with Gasteiger partial charge in [0.25, 0.3) is 0 Å². The van der Waals surface area contributed by atoms with E-state index in [4.69, 9.17) is 18.7 Å². The van der Waals surface area contributed by atoms with Crippen LogP contribution in [0.4, 0.5) is 5.69 Å². The van der Waals surface area contributed by atoms with Crippen LogP contribution in [0.2, 0.25) is 0 Å². The molecule has 0 fully saturated rings. The largest absolute Gasteiger partial charge is 0.497 e. The first-order valence-corrected chi connectivity index (χ1v) is 7.66. The van der Waals surface area contributed by atoms with E-state index in [2.05, 4.69) is 15.5 Å². The van der Waals surface area contributed by atoms with Gasteiger partial charge in [0, 0.05) is 11.6 Å². The van der Waals surface area contributed by atoms with Crippen LogP contribution in [0.3, 0.4) is 0 Å². The Morgan fingerprint density at radius 3 is 2.32 bits per heavy atom. The number of aromatic nitrogens is 2. The molecule has 0 aliphatic carbocycles. The first-order valence-electron chi connectivity index (χ1n) is 7.66. The van der Waals surface area contributed by atoms with Gasteiger partial charge >= 0.3 is 0 Å². The summed E-state index contributed by atoms with van der Waals surface area (Å²) in [6.07, 6.45) is 0. The van der Waals surface area contributed by atoms with Gasteiger partial charge in [0.15, 0.2) is 0 Å². The third-order valence-electron chi connectivity index (χ3n) is 3.66. The van der Waals surface area contributed by atoms with Crippen molar-refractivity contribution in [3.05, 3.63) is 48.4 Å². The van der Waals surface area contributed by atoms with E-state index in [1.54, 1.807) is 27.4 Å². The zero-order valence-corrected chi connectivity index (χ0v) is 14.3. The normalized spacial score (nSPS) is 10.4. The van der Waals surface area contributed by atoms with Gasteiger partial charge in [-0.25, -0.2) is 0 Å². The lowest BCUT2D eigenvalue weighted by Gasteiger charge is -2.11. The van der Waals surface area contributed by atoms with E-state index >= 15 is 0 Å². The van der Waals surface area contributed by atoms with Crippen LogP contribution in [-0.2, 0) is 6.54 Å². The number of hydrogen-bond acceptors (Lipinski definition) is 7. The topological polar surface area (TPSA) is 78.6 Å². The molecular weight excluding hydrogens is 322 g/mol. The van der Waals surface area contributed by atoms with E-state index in [1.165, 1.54) is 0 Å². The second-order valence-electron chi connectivity index (χ2n) is 5.16. The Labute approximate surface area is 145 Å². The van der Waals surface area contributed by atoms with Crippen molar-refractivity contribution in [2.45, 2.75) is 6.54 Å². The number of anilines is 1. The number of rotatable bonds is 7. The molecule has 0 saturated carbocycles. The maximum Gasteiger partial charge on any atom is 0.246 e. The molecule has 25 heavy (non-hydrogen) atoms. The Hall–Kier alpha value is -3.22. The Bertz CT molecular complexity index is 831. The van der Waals surface area contributed by atoms with Crippen LogP contribution in [0.15, 0.2) is 47.0 Å². The summed E-state index contributed by atoms with van der Waals surface area (Å²) in [4.78, 5) is 4.39. The number of nitrogens with one attached hydrogen (secondary N) is 1. The molecule has 0 unspecified atom stereocenters. The van der Waals surface area contributed by atoms with Gasteiger partial charge in [-0.05, 0) is 36.4 Å². The van der Waals surface area contributed by atoms with E-state index in [0.29, 0.717) is 24.0 Å². The highest BCUT2D eigenvalue weighted by molar-refractivity contribution is 5.59. The van der Waals surface area contributed by atoms with Crippen molar-refractivity contribution in [3.63, 3.8) is 0 Å². The van der Waals surface area contributed by atoms with Gasteiger partial charge in [0.1, 0.15) is 17.2 Å². The van der Waals surface area contributed by atoms with Crippen LogP contribution in [0.5, 0.6) is 17.2 Å². The van der Waals surface area contributed by atoms with Gasteiger partial charge in [0.2, 0.25) is 11.7 Å². The zero-order chi connectivity index (χ0) is 17.6. The zero-order valence-electron chi connectivity index (χ0n) is 14.3. The summed E-state index contributed by atoms with van der Waals surface area (Å²) in [5.74, 6) is 3.18. The van der Waals surface area contributed by atoms with Gasteiger partial charge in [-0.1, -0.05) is 5.16 Å². The summed E-state index contributed by atoms with van der Waals surface area (Å²) in [5, 5.41) is 7.22. The molecule has 1 heterocycles. The molecule has 3 aromatic rings. The molecule has 0 atom stereocenters. The molecule has 7 heteroatoms. The predicted molar refractivity (Wildman–Crippen MR) is 93.2 cm³/mol. The second-order valence-corrected chi connectivity index (χ2v) is 5.16. The van der Waals surface area contributed by atoms with Crippen LogP contribution in [-0.4, -0.2) is 31.5 Å². The Balaban J connectivity index is 1.69. The molecule has 0 radical (unpaired) electrons. The fourth-order valence-corrected chi connectivity index (χ4v) is 2.30. The minimum atomic E-state index is 0.381. The smallest absolute Gasteiger partial charge is 0.246 e. The maximum absolute atomic E-state index is 5.35. The van der Waals surface area contributed by atoms with Gasteiger partial charge in [-0.3, -0.25) is 0 Å². The molecule has 0 aliphatic rings. The number of nitrogens with zero attached hydrogens (tertiary/aromatic N) is 2. The average Bonchev–Trinajstić information content (AvgIpc) is 3.15. The number of methoxy groups -OCH3 is 3. The Kier molecular flexibility index (Phi) is 5.03. The van der Waals surface area contributed by atoms with Crippen LogP contribution >= 0.6 is 0 Å². The molecule has 7 nitrogen and oxygen atoms in total. The molecule has 2 aromatic carbocycles. The first-order chi connectivity index (χ1) is 12.2. The minimum Gasteiger partial charge on any atom is -0.497 e. The van der Waals surface area contributed by atoms with Crippen molar-refractivity contribution in [2.24, 2.45) is 0 Å². The van der Waals surface area contributed by atoms with E-state index < -0.39 is 0 Å². The highest BCUT2D eigenvalue weighted by atomic mass is 16.5. The minimum absolute atomic E-state index is 0.381. The Morgan fingerprint density at radius 1 is 0.920 bits per heavy atom. The number of benzene rings is 2. The van der Waals surface area contributed by atoms with E-state index in [1.807, 2.05) is 36.4 Å². The van der Waals surface area contributed by atoms with Crippen molar-refractivity contribution in [3.8, 4) is 28.6 Å². The lowest BCUT2D eigenvalue weighted by molar-refractivity contribution is 0.382. The molecule has 0 spiro atoms. The maximum atomic E-state index is 5.35. The van der Waals surface area contributed by atoms with Gasteiger partial charge in [-0.2, -0.15) is 4.98 Å². The SMILES string of the molecule is COc1ccc(-c2noc(CNc3ccc(OC)cc3OC)n2)cc1. The molecule has 1 N–H and O–H groups in total. The highest BCUT2D eigenvalue weighted by Gasteiger charge is 2.10. The van der Waals surface area contributed by atoms with Gasteiger partial charge < -0.3 is 24.1 Å². The van der Waals surface area contributed by atoms with E-state index in [-0.39, 0.29) is 0 Å². The van der Waals surface area contributed by atoms with Gasteiger partial charge in [0.05, 0.1) is 33.6 Å². The molecule has 0 amide bonds. The quantitative estimate of drug-likeness (QED) is 0.706. The van der Waals surface area contributed by atoms with Crippen LogP contribution in [0.1, 0.15) is 5.89 Å². The predicted octanol–water partition coefficient (Wildman–Crippen LogP) is 3.37. The summed E-state index contributed by atoms with van der Waals surface area (Å²) in [5.41, 5.74) is 1.67. The lowest BCUT2D eigenvalue weighted by atomic mass is 10.2. The second kappa shape index (κ2) is 7.57. The van der Waals surface area contributed by atoms with Gasteiger partial charge in [-0.15, -0.1) is 0 Å². The summed E-state index contributed by atoms with van der Waals surface area (Å²) < 4.78 is 21.0. The molecule has 0 bridgehead atoms. The molecule has 0 saturated heterocycles. The van der Waals surface area contributed by atoms with Crippen LogP contribution in [0, 0.1) is 0 Å². The summed E-state index contributed by atoms with van der Waals surface area (Å²) >= 11 is 0. The summed E-state index contributed by atoms with van der Waals surface area (Å²) in [6.45, 7) is 0.381. The molecular formula is C18H19N3O4. The third-order valence-corrected chi connectivity index (χ3v) is 3.66. The van der Waals surface area contributed by atoms with Crippen LogP contribution in [0.25, 0.3) is 11.4 Å². The monoisotopic (exact) mass is 341 g/mol. The standard InChI is InChI=1S/C18H19N3O4/c1-22-13-6-4-12(5-7-13)18-20-17(25-21-18)11-19-15-9-8-14(23-2)10-16(15)24-3/h4-10,19H,11H2,1-3H3. The molecule has 0 aliphatic heterocycles.